The molecule has 2 rings (SSSR count). The summed E-state index contributed by atoms with van der Waals surface area (Å²) in [7, 11) is 0. The average Bonchev–Trinajstić information content (AvgIpc) is 2.58. The second-order valence-corrected chi connectivity index (χ2v) is 4.39. The van der Waals surface area contributed by atoms with E-state index in [9.17, 15) is 4.79 Å². The number of carbonyl (C=O) groups is 1. The molecule has 1 amide bonds. The number of amides is 1. The third kappa shape index (κ3) is 2.91. The Hall–Kier alpha value is -1.22. The lowest BCUT2D eigenvalue weighted by molar-refractivity contribution is -0.118. The number of nitrogens with zero attached hydrogens (tertiary/aromatic N) is 1. The zero-order valence-electron chi connectivity index (χ0n) is 9.69. The molecule has 0 saturated carbocycles. The maximum atomic E-state index is 12.1. The summed E-state index contributed by atoms with van der Waals surface area (Å²) in [4.78, 5) is 13.9. The summed E-state index contributed by atoms with van der Waals surface area (Å²) in [5.74, 6) is 1.45. The van der Waals surface area contributed by atoms with Gasteiger partial charge in [-0.3, -0.25) is 4.79 Å². The molecule has 0 atom stereocenters. The first-order valence-corrected chi connectivity index (χ1v) is 6.44. The lowest BCUT2D eigenvalue weighted by Gasteiger charge is -2.21. The molecule has 1 aliphatic rings. The molecular weight excluding hydrogens is 238 g/mol. The Bertz CT molecular complexity index is 395. The summed E-state index contributed by atoms with van der Waals surface area (Å²) < 4.78 is 5.61. The quantitative estimate of drug-likeness (QED) is 0.776. The van der Waals surface area contributed by atoms with E-state index in [0.29, 0.717) is 18.9 Å². The van der Waals surface area contributed by atoms with Gasteiger partial charge in [0.15, 0.2) is 0 Å². The van der Waals surface area contributed by atoms with Crippen LogP contribution in [-0.4, -0.2) is 24.9 Å². The molecule has 4 heteroatoms. The monoisotopic (exact) mass is 253 g/mol. The summed E-state index contributed by atoms with van der Waals surface area (Å²) in [6.45, 7) is 1.38. The first kappa shape index (κ1) is 12.2. The molecule has 1 aliphatic heterocycles. The molecule has 0 bridgehead atoms. The maximum absolute atomic E-state index is 12.1. The van der Waals surface area contributed by atoms with Gasteiger partial charge in [-0.05, 0) is 25.0 Å². The van der Waals surface area contributed by atoms with Crippen LogP contribution >= 0.6 is 11.6 Å². The van der Waals surface area contributed by atoms with Gasteiger partial charge < -0.3 is 9.64 Å². The van der Waals surface area contributed by atoms with E-state index < -0.39 is 0 Å². The molecule has 1 aromatic carbocycles. The number of halogens is 1. The van der Waals surface area contributed by atoms with Gasteiger partial charge in [-0.25, -0.2) is 0 Å². The first-order valence-electron chi connectivity index (χ1n) is 5.91. The Morgan fingerprint density at radius 2 is 2.24 bits per heavy atom. The van der Waals surface area contributed by atoms with E-state index in [0.717, 1.165) is 30.8 Å². The average molecular weight is 254 g/mol. The fourth-order valence-electron chi connectivity index (χ4n) is 1.94. The summed E-state index contributed by atoms with van der Waals surface area (Å²) in [6.07, 6.45) is 2.08. The summed E-state index contributed by atoms with van der Waals surface area (Å²) in [5.41, 5.74) is 0.879. The normalized spacial score (nSPS) is 14.8. The third-order valence-corrected chi connectivity index (χ3v) is 3.03. The molecule has 0 aliphatic carbocycles. The van der Waals surface area contributed by atoms with Crippen molar-refractivity contribution in [3.63, 3.8) is 0 Å². The van der Waals surface area contributed by atoms with Crippen LogP contribution in [0.25, 0.3) is 0 Å². The second-order valence-electron chi connectivity index (χ2n) is 4.01. The van der Waals surface area contributed by atoms with Gasteiger partial charge in [0.2, 0.25) is 5.91 Å². The van der Waals surface area contributed by atoms with Gasteiger partial charge in [0.05, 0.1) is 12.3 Å². The van der Waals surface area contributed by atoms with Crippen LogP contribution in [0.3, 0.4) is 0 Å². The molecule has 0 N–H and O–H groups in total. The maximum Gasteiger partial charge on any atom is 0.227 e. The standard InChI is InChI=1S/C13H16ClNO2/c14-8-3-7-13(16)15-9-4-10-17-12-6-2-1-5-11(12)15/h1-2,5-6H,3-4,7-10H2. The Kier molecular flexibility index (Phi) is 4.26. The fourth-order valence-corrected chi connectivity index (χ4v) is 2.07. The Labute approximate surface area is 106 Å². The van der Waals surface area contributed by atoms with Crippen molar-refractivity contribution in [3.8, 4) is 5.75 Å². The molecule has 0 aromatic heterocycles. The number of carbonyl (C=O) groups excluding carboxylic acids is 1. The summed E-state index contributed by atoms with van der Waals surface area (Å²) in [6, 6.07) is 7.68. The van der Waals surface area contributed by atoms with Crippen molar-refractivity contribution in [3.05, 3.63) is 24.3 Å². The number of rotatable bonds is 3. The number of para-hydroxylation sites is 2. The van der Waals surface area contributed by atoms with Crippen LogP contribution in [0.5, 0.6) is 5.75 Å². The first-order chi connectivity index (χ1) is 8.33. The number of hydrogen-bond donors (Lipinski definition) is 0. The predicted octanol–water partition coefficient (Wildman–Crippen LogP) is 2.82. The van der Waals surface area contributed by atoms with E-state index in [2.05, 4.69) is 0 Å². The Morgan fingerprint density at radius 3 is 3.06 bits per heavy atom. The molecule has 92 valence electrons. The Balaban J connectivity index is 2.19. The molecule has 0 unspecified atom stereocenters. The van der Waals surface area contributed by atoms with Crippen LogP contribution in [-0.2, 0) is 4.79 Å². The van der Waals surface area contributed by atoms with E-state index in [1.165, 1.54) is 0 Å². The molecule has 1 heterocycles. The van der Waals surface area contributed by atoms with Crippen molar-refractivity contribution < 1.29 is 9.53 Å². The predicted molar refractivity (Wildman–Crippen MR) is 68.9 cm³/mol. The number of hydrogen-bond acceptors (Lipinski definition) is 2. The van der Waals surface area contributed by atoms with Gasteiger partial charge in [0.25, 0.3) is 0 Å². The van der Waals surface area contributed by atoms with Crippen LogP contribution in [0.2, 0.25) is 0 Å². The van der Waals surface area contributed by atoms with E-state index in [4.69, 9.17) is 16.3 Å². The lowest BCUT2D eigenvalue weighted by Crippen LogP contribution is -2.31. The number of anilines is 1. The number of alkyl halides is 1. The molecule has 3 nitrogen and oxygen atoms in total. The van der Waals surface area contributed by atoms with Crippen molar-refractivity contribution in [2.24, 2.45) is 0 Å². The van der Waals surface area contributed by atoms with E-state index in [-0.39, 0.29) is 5.91 Å². The number of ether oxygens (including phenoxy) is 1. The smallest absolute Gasteiger partial charge is 0.227 e. The largest absolute Gasteiger partial charge is 0.491 e. The van der Waals surface area contributed by atoms with Crippen molar-refractivity contribution in [2.75, 3.05) is 23.9 Å². The third-order valence-electron chi connectivity index (χ3n) is 2.77. The molecule has 0 saturated heterocycles. The minimum atomic E-state index is 0.128. The van der Waals surface area contributed by atoms with E-state index in [1.807, 2.05) is 29.2 Å². The van der Waals surface area contributed by atoms with Crippen LogP contribution < -0.4 is 9.64 Å². The van der Waals surface area contributed by atoms with E-state index in [1.54, 1.807) is 0 Å². The molecule has 0 spiro atoms. The van der Waals surface area contributed by atoms with Crippen LogP contribution in [0.15, 0.2) is 24.3 Å². The molecule has 0 fully saturated rings. The van der Waals surface area contributed by atoms with Gasteiger partial charge in [0.1, 0.15) is 5.75 Å². The fraction of sp³-hybridized carbons (Fsp3) is 0.462. The van der Waals surface area contributed by atoms with Gasteiger partial charge in [0, 0.05) is 18.8 Å². The van der Waals surface area contributed by atoms with Crippen LogP contribution in [0.1, 0.15) is 19.3 Å². The van der Waals surface area contributed by atoms with Crippen molar-refractivity contribution in [2.45, 2.75) is 19.3 Å². The molecule has 1 aromatic rings. The van der Waals surface area contributed by atoms with Crippen molar-refractivity contribution in [1.82, 2.24) is 0 Å². The minimum Gasteiger partial charge on any atom is -0.491 e. The molecular formula is C13H16ClNO2. The van der Waals surface area contributed by atoms with Gasteiger partial charge in [-0.2, -0.15) is 0 Å². The van der Waals surface area contributed by atoms with Gasteiger partial charge in [-0.15, -0.1) is 11.6 Å². The van der Waals surface area contributed by atoms with Crippen molar-refractivity contribution >= 4 is 23.2 Å². The summed E-state index contributed by atoms with van der Waals surface area (Å²) >= 11 is 5.62. The minimum absolute atomic E-state index is 0.128. The zero-order chi connectivity index (χ0) is 12.1. The van der Waals surface area contributed by atoms with Gasteiger partial charge >= 0.3 is 0 Å². The lowest BCUT2D eigenvalue weighted by atomic mass is 10.2. The number of fused-ring (bicyclic) bond motifs is 1. The van der Waals surface area contributed by atoms with E-state index >= 15 is 0 Å². The number of benzene rings is 1. The summed E-state index contributed by atoms with van der Waals surface area (Å²) in [5, 5.41) is 0. The Morgan fingerprint density at radius 1 is 1.41 bits per heavy atom. The highest BCUT2D eigenvalue weighted by Gasteiger charge is 2.20. The highest BCUT2D eigenvalue weighted by Crippen LogP contribution is 2.30. The van der Waals surface area contributed by atoms with Crippen LogP contribution in [0.4, 0.5) is 5.69 Å². The SMILES string of the molecule is O=C(CCCCl)N1CCCOc2ccccc21. The molecule has 0 radical (unpaired) electrons. The van der Waals surface area contributed by atoms with Crippen molar-refractivity contribution in [1.29, 1.82) is 0 Å². The van der Waals surface area contributed by atoms with Gasteiger partial charge in [-0.1, -0.05) is 12.1 Å². The highest BCUT2D eigenvalue weighted by molar-refractivity contribution is 6.18. The molecule has 17 heavy (non-hydrogen) atoms. The highest BCUT2D eigenvalue weighted by atomic mass is 35.5. The zero-order valence-corrected chi connectivity index (χ0v) is 10.4. The topological polar surface area (TPSA) is 29.5 Å². The van der Waals surface area contributed by atoms with Crippen LogP contribution in [0, 0.1) is 0 Å². The second kappa shape index (κ2) is 5.92.